The molecule has 1 aromatic rings. The molecule has 9 heteroatoms. The van der Waals surface area contributed by atoms with Crippen LogP contribution in [0.2, 0.25) is 0 Å². The summed E-state index contributed by atoms with van der Waals surface area (Å²) < 4.78 is 0. The van der Waals surface area contributed by atoms with Crippen LogP contribution in [-0.4, -0.2) is 46.6 Å². The Morgan fingerprint density at radius 1 is 1.07 bits per heavy atom. The largest absolute Gasteiger partial charge is 0.335 e. The minimum absolute atomic E-state index is 0.0687. The van der Waals surface area contributed by atoms with Crippen molar-refractivity contribution in [3.63, 3.8) is 0 Å². The van der Waals surface area contributed by atoms with E-state index in [1.54, 1.807) is 6.07 Å². The van der Waals surface area contributed by atoms with Crippen LogP contribution in [0.3, 0.4) is 0 Å². The van der Waals surface area contributed by atoms with Gasteiger partial charge in [0, 0.05) is 18.2 Å². The molecule has 2 saturated carbocycles. The Hall–Kier alpha value is -3.23. The molecule has 0 aromatic heterocycles. The van der Waals surface area contributed by atoms with Crippen LogP contribution in [0.25, 0.3) is 0 Å². The molecule has 9 nitrogen and oxygen atoms in total. The summed E-state index contributed by atoms with van der Waals surface area (Å²) in [5, 5.41) is 7.84. The van der Waals surface area contributed by atoms with Crippen molar-refractivity contribution in [1.82, 2.24) is 15.5 Å². The Kier molecular flexibility index (Phi) is 4.16. The van der Waals surface area contributed by atoms with Gasteiger partial charge in [0.1, 0.15) is 6.04 Å². The minimum Gasteiger partial charge on any atom is -0.335 e. The molecule has 6 amide bonds. The summed E-state index contributed by atoms with van der Waals surface area (Å²) in [5.41, 5.74) is 1.17. The van der Waals surface area contributed by atoms with E-state index in [-0.39, 0.29) is 36.0 Å². The molecule has 2 aliphatic carbocycles. The number of carbonyl (C=O) groups excluding carboxylic acids is 5. The average molecular weight is 410 g/mol. The maximum Gasteiger partial charge on any atom is 0.319 e. The molecule has 0 radical (unpaired) electrons. The molecular formula is C21H22N4O5. The van der Waals surface area contributed by atoms with E-state index < -0.39 is 29.7 Å². The van der Waals surface area contributed by atoms with Gasteiger partial charge in [0.2, 0.25) is 11.8 Å². The first-order valence-electron chi connectivity index (χ1n) is 10.3. The number of rotatable bonds is 3. The lowest BCUT2D eigenvalue weighted by Crippen LogP contribution is -2.54. The molecule has 5 rings (SSSR count). The smallest absolute Gasteiger partial charge is 0.319 e. The molecule has 1 aromatic carbocycles. The van der Waals surface area contributed by atoms with Crippen molar-refractivity contribution in [3.05, 3.63) is 29.3 Å². The number of amides is 6. The van der Waals surface area contributed by atoms with Gasteiger partial charge in [-0.1, -0.05) is 6.42 Å². The van der Waals surface area contributed by atoms with Crippen molar-refractivity contribution in [2.24, 2.45) is 5.41 Å². The lowest BCUT2D eigenvalue weighted by atomic mass is 9.54. The zero-order valence-electron chi connectivity index (χ0n) is 16.3. The fourth-order valence-electron chi connectivity index (χ4n) is 5.07. The number of nitrogens with one attached hydrogen (secondary N) is 3. The van der Waals surface area contributed by atoms with E-state index in [9.17, 15) is 24.0 Å². The summed E-state index contributed by atoms with van der Waals surface area (Å²) >= 11 is 0. The summed E-state index contributed by atoms with van der Waals surface area (Å²) in [5.74, 6) is -2.23. The first-order chi connectivity index (χ1) is 14.3. The number of urea groups is 1. The molecule has 156 valence electrons. The van der Waals surface area contributed by atoms with Gasteiger partial charge in [-0.25, -0.2) is 4.79 Å². The Balaban J connectivity index is 1.26. The molecule has 2 aliphatic heterocycles. The number of anilines is 1. The van der Waals surface area contributed by atoms with Gasteiger partial charge in [-0.2, -0.15) is 0 Å². The van der Waals surface area contributed by atoms with Crippen molar-refractivity contribution in [1.29, 1.82) is 0 Å². The number of piperidine rings is 1. The number of carbonyl (C=O) groups is 5. The molecule has 30 heavy (non-hydrogen) atoms. The molecule has 3 fully saturated rings. The predicted molar refractivity (Wildman–Crippen MR) is 105 cm³/mol. The van der Waals surface area contributed by atoms with E-state index in [1.165, 1.54) is 31.4 Å². The number of fused-ring (bicyclic) bond motifs is 1. The van der Waals surface area contributed by atoms with Crippen molar-refractivity contribution >= 4 is 35.3 Å². The monoisotopic (exact) mass is 410 g/mol. The van der Waals surface area contributed by atoms with Crippen LogP contribution in [0.15, 0.2) is 18.2 Å². The van der Waals surface area contributed by atoms with Crippen LogP contribution in [0.4, 0.5) is 10.5 Å². The minimum atomic E-state index is -1.01. The number of benzene rings is 1. The Bertz CT molecular complexity index is 991. The fourth-order valence-corrected chi connectivity index (χ4v) is 5.07. The first-order valence-corrected chi connectivity index (χ1v) is 10.3. The molecule has 1 saturated heterocycles. The summed E-state index contributed by atoms with van der Waals surface area (Å²) in [6.45, 7) is 0. The van der Waals surface area contributed by atoms with Crippen molar-refractivity contribution in [2.75, 3.05) is 5.32 Å². The van der Waals surface area contributed by atoms with Gasteiger partial charge in [-0.15, -0.1) is 0 Å². The molecule has 0 bridgehead atoms. The highest BCUT2D eigenvalue weighted by molar-refractivity contribution is 6.23. The van der Waals surface area contributed by atoms with Gasteiger partial charge < -0.3 is 10.6 Å². The number of hydrogen-bond donors (Lipinski definition) is 3. The Morgan fingerprint density at radius 3 is 2.47 bits per heavy atom. The van der Waals surface area contributed by atoms with E-state index in [0.717, 1.165) is 17.7 Å². The highest BCUT2D eigenvalue weighted by Gasteiger charge is 2.48. The van der Waals surface area contributed by atoms with Crippen molar-refractivity contribution in [2.45, 2.75) is 57.0 Å². The van der Waals surface area contributed by atoms with Crippen LogP contribution >= 0.6 is 0 Å². The van der Waals surface area contributed by atoms with Gasteiger partial charge in [-0.3, -0.25) is 29.4 Å². The average Bonchev–Trinajstić information content (AvgIpc) is 2.87. The fraction of sp³-hybridized carbons (Fsp3) is 0.476. The predicted octanol–water partition coefficient (Wildman–Crippen LogP) is 1.54. The van der Waals surface area contributed by atoms with Crippen LogP contribution in [0.5, 0.6) is 0 Å². The maximum absolute atomic E-state index is 12.8. The first kappa shape index (κ1) is 18.8. The number of hydrogen-bond acceptors (Lipinski definition) is 5. The van der Waals surface area contributed by atoms with E-state index in [4.69, 9.17) is 0 Å². The molecule has 1 unspecified atom stereocenters. The summed E-state index contributed by atoms with van der Waals surface area (Å²) in [6.07, 6.45) is 5.97. The maximum atomic E-state index is 12.8. The molecule has 1 atom stereocenters. The second-order valence-electron chi connectivity index (χ2n) is 8.76. The summed E-state index contributed by atoms with van der Waals surface area (Å²) in [6, 6.07) is 3.32. The van der Waals surface area contributed by atoms with E-state index in [2.05, 4.69) is 16.0 Å². The van der Waals surface area contributed by atoms with Gasteiger partial charge in [0.25, 0.3) is 11.8 Å². The van der Waals surface area contributed by atoms with Crippen LogP contribution in [0, 0.1) is 5.41 Å². The zero-order valence-corrected chi connectivity index (χ0v) is 16.3. The summed E-state index contributed by atoms with van der Waals surface area (Å²) in [4.78, 5) is 62.2. The van der Waals surface area contributed by atoms with Gasteiger partial charge in [-0.05, 0) is 55.7 Å². The quantitative estimate of drug-likeness (QED) is 0.652. The van der Waals surface area contributed by atoms with E-state index in [0.29, 0.717) is 11.1 Å². The number of imide groups is 2. The highest BCUT2D eigenvalue weighted by Crippen LogP contribution is 2.55. The third-order valence-corrected chi connectivity index (χ3v) is 6.81. The Labute approximate surface area is 172 Å². The lowest BCUT2D eigenvalue weighted by molar-refractivity contribution is -0.136. The summed E-state index contributed by atoms with van der Waals surface area (Å²) in [7, 11) is 0. The standard InChI is InChI=1S/C21H22N4O5/c26-16-5-4-15(17(27)24-16)25-18(28)13-3-2-11(8-14(13)19(25)29)22-20(30)23-12-9-21(10-12)6-1-7-21/h2-3,8,12,15H,1,4-7,9-10H2,(H2,22,23,30)(H,24,26,27). The van der Waals surface area contributed by atoms with Crippen LogP contribution in [0.1, 0.15) is 65.7 Å². The third kappa shape index (κ3) is 2.96. The van der Waals surface area contributed by atoms with E-state index in [1.807, 2.05) is 0 Å². The number of nitrogens with zero attached hydrogens (tertiary/aromatic N) is 1. The van der Waals surface area contributed by atoms with Gasteiger partial charge >= 0.3 is 6.03 Å². The molecular weight excluding hydrogens is 388 g/mol. The second-order valence-corrected chi connectivity index (χ2v) is 8.76. The highest BCUT2D eigenvalue weighted by atomic mass is 16.2. The zero-order chi connectivity index (χ0) is 21.0. The SMILES string of the molecule is O=C1CCC(N2C(=O)c3ccc(NC(=O)NC4CC5(CCC5)C4)cc3C2=O)C(=O)N1. The van der Waals surface area contributed by atoms with Crippen LogP contribution in [-0.2, 0) is 9.59 Å². The normalized spacial score (nSPS) is 24.8. The second kappa shape index (κ2) is 6.65. The van der Waals surface area contributed by atoms with Crippen molar-refractivity contribution in [3.8, 4) is 0 Å². The van der Waals surface area contributed by atoms with Gasteiger partial charge in [0.05, 0.1) is 11.1 Å². The molecule has 4 aliphatic rings. The molecule has 2 heterocycles. The van der Waals surface area contributed by atoms with E-state index >= 15 is 0 Å². The third-order valence-electron chi connectivity index (χ3n) is 6.81. The van der Waals surface area contributed by atoms with Crippen LogP contribution < -0.4 is 16.0 Å². The van der Waals surface area contributed by atoms with Crippen molar-refractivity contribution < 1.29 is 24.0 Å². The Morgan fingerprint density at radius 2 is 1.80 bits per heavy atom. The molecule has 3 N–H and O–H groups in total. The lowest BCUT2D eigenvalue weighted by Gasteiger charge is -2.54. The topological polar surface area (TPSA) is 125 Å². The molecule has 1 spiro atoms. The van der Waals surface area contributed by atoms with Gasteiger partial charge in [0.15, 0.2) is 0 Å².